The van der Waals surface area contributed by atoms with Gasteiger partial charge in [-0.1, -0.05) is 12.8 Å². The van der Waals surface area contributed by atoms with Crippen molar-refractivity contribution in [3.63, 3.8) is 0 Å². The molecular weight excluding hydrogens is 436 g/mol. The summed E-state index contributed by atoms with van der Waals surface area (Å²) in [5.41, 5.74) is -1.07. The molecule has 0 aromatic rings. The molecule has 2 saturated carbocycles. The van der Waals surface area contributed by atoms with Crippen molar-refractivity contribution in [3.05, 3.63) is 0 Å². The van der Waals surface area contributed by atoms with Gasteiger partial charge in [0.05, 0.1) is 26.2 Å². The van der Waals surface area contributed by atoms with Crippen LogP contribution in [0.1, 0.15) is 51.9 Å². The summed E-state index contributed by atoms with van der Waals surface area (Å²) in [5, 5.41) is 5.20. The molecule has 2 N–H and O–H groups in total. The van der Waals surface area contributed by atoms with E-state index in [2.05, 4.69) is 20.1 Å². The smallest absolute Gasteiger partial charge is 0.325 e. The molecule has 0 bridgehead atoms. The van der Waals surface area contributed by atoms with Crippen molar-refractivity contribution in [2.75, 3.05) is 33.9 Å². The van der Waals surface area contributed by atoms with Gasteiger partial charge in [-0.25, -0.2) is 0 Å². The number of methoxy groups -OCH3 is 2. The maximum Gasteiger partial charge on any atom is 0.325 e. The van der Waals surface area contributed by atoms with E-state index < -0.39 is 40.5 Å². The highest BCUT2D eigenvalue weighted by atomic mass is 16.5. The summed E-state index contributed by atoms with van der Waals surface area (Å²) in [6.07, 6.45) is 4.56. The lowest BCUT2D eigenvalue weighted by atomic mass is 9.61. The number of piperidine rings is 1. The third-order valence-electron chi connectivity index (χ3n) is 6.57. The van der Waals surface area contributed by atoms with Crippen molar-refractivity contribution in [1.29, 1.82) is 0 Å². The van der Waals surface area contributed by atoms with Crippen molar-refractivity contribution >= 4 is 35.5 Å². The lowest BCUT2D eigenvalue weighted by molar-refractivity contribution is -0.163. The molecule has 184 valence electrons. The van der Waals surface area contributed by atoms with Gasteiger partial charge in [-0.05, 0) is 32.6 Å². The summed E-state index contributed by atoms with van der Waals surface area (Å²) in [6, 6.07) is 0. The third kappa shape index (κ3) is 5.88. The highest BCUT2D eigenvalue weighted by Crippen LogP contribution is 2.45. The summed E-state index contributed by atoms with van der Waals surface area (Å²) in [6.45, 7) is 2.68. The first-order valence-corrected chi connectivity index (χ1v) is 11.1. The van der Waals surface area contributed by atoms with Crippen LogP contribution in [0, 0.1) is 16.7 Å². The van der Waals surface area contributed by atoms with Gasteiger partial charge in [-0.15, -0.1) is 0 Å². The van der Waals surface area contributed by atoms with E-state index in [4.69, 9.17) is 4.74 Å². The molecule has 0 aromatic heterocycles. The van der Waals surface area contributed by atoms with Gasteiger partial charge < -0.3 is 24.8 Å². The Morgan fingerprint density at radius 3 is 2.12 bits per heavy atom. The Balaban J connectivity index is 0.000000237. The maximum atomic E-state index is 12.0. The minimum atomic E-state index is -1.25. The third-order valence-corrected chi connectivity index (χ3v) is 6.57. The fourth-order valence-electron chi connectivity index (χ4n) is 4.10. The number of nitrogens with one attached hydrogen (secondary N) is 2. The van der Waals surface area contributed by atoms with Crippen molar-refractivity contribution < 1.29 is 43.0 Å². The second kappa shape index (κ2) is 11.2. The van der Waals surface area contributed by atoms with Crippen LogP contribution in [0.2, 0.25) is 0 Å². The van der Waals surface area contributed by atoms with Crippen LogP contribution in [-0.2, 0) is 43.0 Å². The quantitative estimate of drug-likeness (QED) is 0.299. The van der Waals surface area contributed by atoms with Crippen molar-refractivity contribution in [1.82, 2.24) is 10.6 Å². The summed E-state index contributed by atoms with van der Waals surface area (Å²) in [5.74, 6) is -4.07. The van der Waals surface area contributed by atoms with Gasteiger partial charge in [0.25, 0.3) is 0 Å². The predicted octanol–water partition coefficient (Wildman–Crippen LogP) is 0.0439. The second-order valence-corrected chi connectivity index (χ2v) is 8.56. The number of ether oxygens (including phenoxy) is 3. The Hall–Kier alpha value is -2.98. The van der Waals surface area contributed by atoms with Gasteiger partial charge in [0, 0.05) is 18.5 Å². The Kier molecular flexibility index (Phi) is 8.95. The molecule has 3 fully saturated rings. The van der Waals surface area contributed by atoms with Gasteiger partial charge in [-0.3, -0.25) is 28.8 Å². The van der Waals surface area contributed by atoms with Crippen LogP contribution in [0.15, 0.2) is 0 Å². The van der Waals surface area contributed by atoms with Gasteiger partial charge >= 0.3 is 17.9 Å². The molecule has 1 spiro atoms. The summed E-state index contributed by atoms with van der Waals surface area (Å²) in [7, 11) is 2.41. The van der Waals surface area contributed by atoms with Crippen molar-refractivity contribution in [3.8, 4) is 0 Å². The van der Waals surface area contributed by atoms with E-state index in [1.54, 1.807) is 6.92 Å². The van der Waals surface area contributed by atoms with Crippen LogP contribution in [0.3, 0.4) is 0 Å². The van der Waals surface area contributed by atoms with Gasteiger partial charge in [0.1, 0.15) is 6.42 Å². The van der Waals surface area contributed by atoms with Crippen LogP contribution < -0.4 is 10.6 Å². The number of amides is 2. The normalized spacial score (nSPS) is 21.7. The van der Waals surface area contributed by atoms with Crippen LogP contribution in [0.5, 0.6) is 0 Å². The topological polar surface area (TPSA) is 154 Å². The number of Topliss-reactive ketones (excluding diaryl/α,β-unsaturated/α-hetero) is 1. The van der Waals surface area contributed by atoms with Gasteiger partial charge in [0.15, 0.2) is 11.7 Å². The first-order chi connectivity index (χ1) is 15.6. The maximum absolute atomic E-state index is 12.0. The lowest BCUT2D eigenvalue weighted by Crippen LogP contribution is -2.60. The Morgan fingerprint density at radius 2 is 1.67 bits per heavy atom. The number of carbonyl (C=O) groups is 6. The zero-order valence-electron chi connectivity index (χ0n) is 19.3. The molecule has 2 amide bonds. The highest BCUT2D eigenvalue weighted by Gasteiger charge is 2.54. The van der Waals surface area contributed by atoms with E-state index in [0.717, 1.165) is 25.7 Å². The fourth-order valence-corrected chi connectivity index (χ4v) is 4.10. The first-order valence-electron chi connectivity index (χ1n) is 11.1. The van der Waals surface area contributed by atoms with Crippen molar-refractivity contribution in [2.45, 2.75) is 51.9 Å². The zero-order valence-corrected chi connectivity index (χ0v) is 19.3. The summed E-state index contributed by atoms with van der Waals surface area (Å²) in [4.78, 5) is 68.8. The molecule has 0 aromatic carbocycles. The van der Waals surface area contributed by atoms with Gasteiger partial charge in [0.2, 0.25) is 11.8 Å². The fraction of sp³-hybridized carbons (Fsp3) is 0.727. The molecule has 1 heterocycles. The molecule has 1 aliphatic heterocycles. The van der Waals surface area contributed by atoms with Crippen LogP contribution in [0.25, 0.3) is 0 Å². The molecule has 33 heavy (non-hydrogen) atoms. The van der Waals surface area contributed by atoms with E-state index in [9.17, 15) is 28.8 Å². The average molecular weight is 469 g/mol. The molecule has 11 nitrogen and oxygen atoms in total. The van der Waals surface area contributed by atoms with Crippen LogP contribution in [0.4, 0.5) is 0 Å². The average Bonchev–Trinajstić information content (AvgIpc) is 2.72. The number of esters is 3. The lowest BCUT2D eigenvalue weighted by Gasteiger charge is -2.44. The molecule has 1 unspecified atom stereocenters. The van der Waals surface area contributed by atoms with E-state index in [1.807, 2.05) is 0 Å². The molecule has 0 radical (unpaired) electrons. The molecule has 1 saturated heterocycles. The molecule has 3 rings (SSSR count). The zero-order chi connectivity index (χ0) is 24.6. The van der Waals surface area contributed by atoms with E-state index >= 15 is 0 Å². The number of hydrogen-bond acceptors (Lipinski definition) is 9. The Labute approximate surface area is 192 Å². The van der Waals surface area contributed by atoms with Gasteiger partial charge in [-0.2, -0.15) is 0 Å². The summed E-state index contributed by atoms with van der Waals surface area (Å²) >= 11 is 0. The Morgan fingerprint density at radius 1 is 1.03 bits per heavy atom. The second-order valence-electron chi connectivity index (χ2n) is 8.56. The SMILES string of the molecule is CCOC(=O)C1(CNC(=O)CC(=O)OC)CCC1.COC(=O)C1C(=O)NCC2(CCC2)C1=O. The molecule has 3 aliphatic rings. The monoisotopic (exact) mass is 468 g/mol. The van der Waals surface area contributed by atoms with Crippen LogP contribution in [-0.4, -0.2) is 69.4 Å². The van der Waals surface area contributed by atoms with Crippen molar-refractivity contribution in [2.24, 2.45) is 16.7 Å². The highest BCUT2D eigenvalue weighted by molar-refractivity contribution is 6.19. The Bertz CT molecular complexity index is 792. The predicted molar refractivity (Wildman–Crippen MR) is 112 cm³/mol. The number of carbonyl (C=O) groups excluding carboxylic acids is 6. The molecular formula is C22H32N2O9. The number of ketones is 1. The summed E-state index contributed by atoms with van der Waals surface area (Å²) < 4.78 is 13.9. The number of hydrogen-bond donors (Lipinski definition) is 2. The van der Waals surface area contributed by atoms with E-state index in [0.29, 0.717) is 26.0 Å². The van der Waals surface area contributed by atoms with E-state index in [1.165, 1.54) is 14.2 Å². The standard InChI is InChI=1S/C12H19NO5.C10H13NO4/c1-3-18-11(16)12(5-4-6-12)8-13-9(14)7-10(15)17-2;1-15-9(14)6-7(12)10(3-2-4-10)5-11-8(6)13/h3-8H2,1-2H3,(H,13,14);6H,2-5H2,1H3,(H,11,13). The molecule has 1 atom stereocenters. The molecule has 11 heteroatoms. The first kappa shape index (κ1) is 26.3. The minimum absolute atomic E-state index is 0.224. The van der Waals surface area contributed by atoms with Crippen LogP contribution >= 0.6 is 0 Å². The minimum Gasteiger partial charge on any atom is -0.469 e. The van der Waals surface area contributed by atoms with E-state index in [-0.39, 0.29) is 24.7 Å². The largest absolute Gasteiger partial charge is 0.469 e. The number of rotatable bonds is 7. The molecule has 2 aliphatic carbocycles.